The molecular formula is C10H18ClN3O. The minimum Gasteiger partial charge on any atom is -0.393 e. The molecule has 0 aliphatic carbocycles. The van der Waals surface area contributed by atoms with Crippen molar-refractivity contribution in [1.82, 2.24) is 9.78 Å². The highest BCUT2D eigenvalue weighted by molar-refractivity contribution is 6.31. The first-order valence-electron chi connectivity index (χ1n) is 5.20. The molecule has 0 spiro atoms. The molecule has 1 unspecified atom stereocenters. The van der Waals surface area contributed by atoms with Crippen LogP contribution in [0.2, 0.25) is 5.02 Å². The van der Waals surface area contributed by atoms with Crippen LogP contribution in [0.4, 0.5) is 0 Å². The summed E-state index contributed by atoms with van der Waals surface area (Å²) in [6.45, 7) is 5.12. The van der Waals surface area contributed by atoms with Gasteiger partial charge in [0.2, 0.25) is 0 Å². The van der Waals surface area contributed by atoms with E-state index in [1.165, 1.54) is 0 Å². The number of nitrogens with zero attached hydrogens (tertiary/aromatic N) is 2. The van der Waals surface area contributed by atoms with Crippen molar-refractivity contribution in [3.8, 4) is 0 Å². The summed E-state index contributed by atoms with van der Waals surface area (Å²) >= 11 is 6.11. The Morgan fingerprint density at radius 1 is 1.60 bits per heavy atom. The molecule has 15 heavy (non-hydrogen) atoms. The molecule has 1 heterocycles. The van der Waals surface area contributed by atoms with Crippen LogP contribution in [0, 0.1) is 6.92 Å². The summed E-state index contributed by atoms with van der Waals surface area (Å²) in [5.74, 6) is 0. The number of aliphatic hydroxyl groups excluding tert-OH is 1. The molecule has 0 radical (unpaired) electrons. The van der Waals surface area contributed by atoms with E-state index in [-0.39, 0.29) is 0 Å². The van der Waals surface area contributed by atoms with Gasteiger partial charge in [0.25, 0.3) is 0 Å². The maximum Gasteiger partial charge on any atom is 0.0848 e. The summed E-state index contributed by atoms with van der Waals surface area (Å²) in [4.78, 5) is 0. The van der Waals surface area contributed by atoms with E-state index in [2.05, 4.69) is 5.10 Å². The lowest BCUT2D eigenvalue weighted by molar-refractivity contribution is 0.165. The van der Waals surface area contributed by atoms with E-state index in [1.54, 1.807) is 0 Å². The third-order valence-electron chi connectivity index (χ3n) is 2.38. The molecule has 0 aliphatic heterocycles. The first-order valence-corrected chi connectivity index (χ1v) is 5.57. The van der Waals surface area contributed by atoms with Crippen LogP contribution in [0.5, 0.6) is 0 Å². The highest BCUT2D eigenvalue weighted by Crippen LogP contribution is 2.21. The molecule has 0 bridgehead atoms. The highest BCUT2D eigenvalue weighted by Gasteiger charge is 2.15. The molecule has 1 atom stereocenters. The summed E-state index contributed by atoms with van der Waals surface area (Å²) in [6, 6.07) is 0. The highest BCUT2D eigenvalue weighted by atomic mass is 35.5. The molecular weight excluding hydrogens is 214 g/mol. The Morgan fingerprint density at radius 3 is 2.80 bits per heavy atom. The van der Waals surface area contributed by atoms with Crippen LogP contribution in [0.1, 0.15) is 24.7 Å². The van der Waals surface area contributed by atoms with Gasteiger partial charge in [-0.15, -0.1) is 0 Å². The summed E-state index contributed by atoms with van der Waals surface area (Å²) in [6.07, 6.45) is 0.670. The largest absolute Gasteiger partial charge is 0.393 e. The van der Waals surface area contributed by atoms with Crippen molar-refractivity contribution in [3.63, 3.8) is 0 Å². The van der Waals surface area contributed by atoms with Crippen molar-refractivity contribution in [2.24, 2.45) is 5.73 Å². The summed E-state index contributed by atoms with van der Waals surface area (Å²) in [5, 5.41) is 14.6. The minimum atomic E-state index is -0.436. The maximum absolute atomic E-state index is 9.68. The number of aliphatic hydroxyl groups is 1. The number of halogens is 1. The van der Waals surface area contributed by atoms with Crippen molar-refractivity contribution in [2.45, 2.75) is 39.3 Å². The number of hydrogen-bond donors (Lipinski definition) is 2. The number of aromatic nitrogens is 2. The number of hydrogen-bond acceptors (Lipinski definition) is 3. The first kappa shape index (κ1) is 12.5. The van der Waals surface area contributed by atoms with E-state index in [0.29, 0.717) is 24.4 Å². The Balaban J connectivity index is 2.82. The average molecular weight is 232 g/mol. The molecule has 1 aromatic rings. The van der Waals surface area contributed by atoms with E-state index >= 15 is 0 Å². The van der Waals surface area contributed by atoms with Gasteiger partial charge in [-0.2, -0.15) is 5.10 Å². The Morgan fingerprint density at radius 2 is 2.27 bits per heavy atom. The lowest BCUT2D eigenvalue weighted by Gasteiger charge is -2.10. The fourth-order valence-electron chi connectivity index (χ4n) is 1.58. The van der Waals surface area contributed by atoms with Crippen molar-refractivity contribution in [2.75, 3.05) is 6.54 Å². The Hall–Kier alpha value is -0.580. The molecule has 5 heteroatoms. The summed E-state index contributed by atoms with van der Waals surface area (Å²) < 4.78 is 1.83. The zero-order chi connectivity index (χ0) is 11.4. The van der Waals surface area contributed by atoms with Crippen LogP contribution in [0.15, 0.2) is 0 Å². The second-order valence-corrected chi connectivity index (χ2v) is 3.98. The molecule has 1 rings (SSSR count). The normalized spacial score (nSPS) is 13.1. The van der Waals surface area contributed by atoms with Gasteiger partial charge < -0.3 is 10.8 Å². The fourth-order valence-corrected chi connectivity index (χ4v) is 1.79. The Kier molecular flexibility index (Phi) is 4.57. The smallest absolute Gasteiger partial charge is 0.0848 e. The van der Waals surface area contributed by atoms with E-state index in [0.717, 1.165) is 17.9 Å². The topological polar surface area (TPSA) is 64.1 Å². The van der Waals surface area contributed by atoms with Crippen molar-refractivity contribution < 1.29 is 5.11 Å². The van der Waals surface area contributed by atoms with E-state index in [1.807, 2.05) is 18.5 Å². The van der Waals surface area contributed by atoms with Gasteiger partial charge in [0.1, 0.15) is 0 Å². The van der Waals surface area contributed by atoms with E-state index < -0.39 is 6.10 Å². The third kappa shape index (κ3) is 2.93. The third-order valence-corrected chi connectivity index (χ3v) is 2.87. The van der Waals surface area contributed by atoms with Gasteiger partial charge in [0, 0.05) is 13.0 Å². The van der Waals surface area contributed by atoms with E-state index in [9.17, 15) is 5.11 Å². The van der Waals surface area contributed by atoms with Gasteiger partial charge in [-0.3, -0.25) is 4.68 Å². The Bertz CT molecular complexity index is 325. The van der Waals surface area contributed by atoms with Gasteiger partial charge in [-0.05, 0) is 26.8 Å². The molecule has 0 saturated carbocycles. The van der Waals surface area contributed by atoms with E-state index in [4.69, 9.17) is 17.3 Å². The first-order chi connectivity index (χ1) is 7.10. The van der Waals surface area contributed by atoms with Gasteiger partial charge in [-0.25, -0.2) is 0 Å². The Labute approximate surface area is 95.0 Å². The average Bonchev–Trinajstić information content (AvgIpc) is 2.46. The second kappa shape index (κ2) is 5.49. The van der Waals surface area contributed by atoms with Crippen molar-refractivity contribution in [1.29, 1.82) is 0 Å². The van der Waals surface area contributed by atoms with Gasteiger partial charge in [0.05, 0.1) is 22.5 Å². The molecule has 1 aromatic heterocycles. The van der Waals surface area contributed by atoms with Gasteiger partial charge in [0.15, 0.2) is 0 Å². The summed E-state index contributed by atoms with van der Waals surface area (Å²) in [5.41, 5.74) is 7.10. The van der Waals surface area contributed by atoms with Crippen LogP contribution in [0.3, 0.4) is 0 Å². The maximum atomic E-state index is 9.68. The molecule has 0 fully saturated rings. The monoisotopic (exact) mass is 231 g/mol. The van der Waals surface area contributed by atoms with Crippen LogP contribution in [-0.4, -0.2) is 27.5 Å². The van der Waals surface area contributed by atoms with Crippen molar-refractivity contribution >= 4 is 11.6 Å². The standard InChI is InChI=1S/C10H18ClN3O/c1-3-14-9(6-8(15)4-5-12)10(11)7(2)13-14/h8,15H,3-6,12H2,1-2H3. The van der Waals surface area contributed by atoms with Crippen molar-refractivity contribution in [3.05, 3.63) is 16.4 Å². The molecule has 86 valence electrons. The van der Waals surface area contributed by atoms with Crippen LogP contribution in [0.25, 0.3) is 0 Å². The molecule has 0 aromatic carbocycles. The SMILES string of the molecule is CCn1nc(C)c(Cl)c1CC(O)CCN. The zero-order valence-corrected chi connectivity index (χ0v) is 9.96. The molecule has 0 saturated heterocycles. The minimum absolute atomic E-state index is 0.436. The zero-order valence-electron chi connectivity index (χ0n) is 9.20. The molecule has 0 aliphatic rings. The quantitative estimate of drug-likeness (QED) is 0.798. The predicted octanol–water partition coefficient (Wildman–Crippen LogP) is 1.12. The second-order valence-electron chi connectivity index (χ2n) is 3.60. The molecule has 4 nitrogen and oxygen atoms in total. The van der Waals surface area contributed by atoms with Gasteiger partial charge in [-0.1, -0.05) is 11.6 Å². The number of nitrogens with two attached hydrogens (primary N) is 1. The fraction of sp³-hybridized carbons (Fsp3) is 0.700. The lowest BCUT2D eigenvalue weighted by Crippen LogP contribution is -2.18. The summed E-state index contributed by atoms with van der Waals surface area (Å²) in [7, 11) is 0. The number of aryl methyl sites for hydroxylation is 2. The molecule has 3 N–H and O–H groups in total. The van der Waals surface area contributed by atoms with Crippen LogP contribution < -0.4 is 5.73 Å². The lowest BCUT2D eigenvalue weighted by atomic mass is 10.1. The van der Waals surface area contributed by atoms with Crippen LogP contribution >= 0.6 is 11.6 Å². The van der Waals surface area contributed by atoms with Crippen LogP contribution in [-0.2, 0) is 13.0 Å². The predicted molar refractivity (Wildman–Crippen MR) is 61.0 cm³/mol. The number of rotatable bonds is 5. The molecule has 0 amide bonds. The van der Waals surface area contributed by atoms with Gasteiger partial charge >= 0.3 is 0 Å².